The van der Waals surface area contributed by atoms with E-state index in [1.807, 2.05) is 6.92 Å². The highest BCUT2D eigenvalue weighted by Gasteiger charge is 2.44. The normalized spacial score (nSPS) is 21.0. The summed E-state index contributed by atoms with van der Waals surface area (Å²) in [6, 6.07) is -2.63. The van der Waals surface area contributed by atoms with E-state index < -0.39 is 47.4 Å². The fourth-order valence-electron chi connectivity index (χ4n) is 5.80. The summed E-state index contributed by atoms with van der Waals surface area (Å²) in [7, 11) is 0. The Bertz CT molecular complexity index is 924. The molecule has 1 saturated carbocycles. The minimum Gasteiger partial charge on any atom is -0.444 e. The number of Topliss-reactive ketones (excluding diaryl/α,β-unsaturated/α-hetero) is 1. The lowest BCUT2D eigenvalue weighted by Crippen LogP contribution is -2.58. The Balaban J connectivity index is 2.30. The van der Waals surface area contributed by atoms with E-state index in [-0.39, 0.29) is 24.2 Å². The fraction of sp³-hybridized carbons (Fsp3) is 0.774. The van der Waals surface area contributed by atoms with Gasteiger partial charge < -0.3 is 25.6 Å². The van der Waals surface area contributed by atoms with E-state index >= 15 is 0 Å². The van der Waals surface area contributed by atoms with E-state index in [1.54, 1.807) is 31.7 Å². The van der Waals surface area contributed by atoms with Crippen molar-refractivity contribution in [1.82, 2.24) is 20.9 Å². The third-order valence-electron chi connectivity index (χ3n) is 7.78. The Morgan fingerprint density at radius 3 is 2.29 bits per heavy atom. The number of nitrogens with zero attached hydrogens (tertiary/aromatic N) is 1. The molecule has 232 valence electrons. The number of amides is 4. The molecular weight excluding hydrogens is 524 g/mol. The molecule has 0 aromatic rings. The molecule has 4 atom stereocenters. The van der Waals surface area contributed by atoms with E-state index in [0.717, 1.165) is 44.9 Å². The molecule has 4 amide bonds. The van der Waals surface area contributed by atoms with Crippen LogP contribution in [-0.2, 0) is 23.9 Å². The van der Waals surface area contributed by atoms with Crippen LogP contribution in [0.2, 0.25) is 0 Å². The molecule has 1 aliphatic carbocycles. The van der Waals surface area contributed by atoms with Crippen LogP contribution in [0.4, 0.5) is 4.79 Å². The van der Waals surface area contributed by atoms with E-state index in [4.69, 9.17) is 4.74 Å². The molecule has 10 heteroatoms. The zero-order valence-electron chi connectivity index (χ0n) is 25.8. The number of hydrogen-bond acceptors (Lipinski definition) is 6. The summed E-state index contributed by atoms with van der Waals surface area (Å²) >= 11 is 0. The standard InChI is InChI=1S/C31H52N4O6/c1-7-10-17-23(26(36)28(38)32-18-9-3)33-27(37)24-19-21(14-8-2)20-35(24)29(39)25(22-15-12-11-13-16-22)34-30(40)41-31(4,5)6/h7,21-25H,1,8-20H2,2-6H3,(H,32,38)(H,33,37)(H,34,40)/t21-,23?,24?,25?/m1/s1. The number of rotatable bonds is 14. The number of nitrogens with one attached hydrogen (secondary N) is 3. The van der Waals surface area contributed by atoms with Gasteiger partial charge in [0.2, 0.25) is 17.6 Å². The van der Waals surface area contributed by atoms with Crippen molar-refractivity contribution in [2.45, 2.75) is 129 Å². The first-order chi connectivity index (χ1) is 19.4. The third kappa shape index (κ3) is 10.8. The summed E-state index contributed by atoms with van der Waals surface area (Å²) in [5, 5.41) is 8.22. The molecule has 1 saturated heterocycles. The van der Waals surface area contributed by atoms with Crippen LogP contribution in [-0.4, -0.2) is 71.3 Å². The second kappa shape index (κ2) is 16.5. The summed E-state index contributed by atoms with van der Waals surface area (Å²) in [6.45, 7) is 13.7. The van der Waals surface area contributed by atoms with Gasteiger partial charge in [0, 0.05) is 13.1 Å². The molecule has 3 N–H and O–H groups in total. The second-order valence-corrected chi connectivity index (χ2v) is 12.5. The maximum atomic E-state index is 14.2. The van der Waals surface area contributed by atoms with Crippen LogP contribution in [0.15, 0.2) is 12.7 Å². The van der Waals surface area contributed by atoms with Crippen LogP contribution in [0.3, 0.4) is 0 Å². The van der Waals surface area contributed by atoms with Crippen molar-refractivity contribution in [3.05, 3.63) is 12.7 Å². The summed E-state index contributed by atoms with van der Waals surface area (Å²) in [5.41, 5.74) is -0.719. The number of ether oxygens (including phenoxy) is 1. The Labute approximate surface area is 245 Å². The average molecular weight is 577 g/mol. The molecule has 41 heavy (non-hydrogen) atoms. The van der Waals surface area contributed by atoms with Gasteiger partial charge in [-0.3, -0.25) is 19.2 Å². The number of hydrogen-bond donors (Lipinski definition) is 3. The molecule has 0 aromatic heterocycles. The van der Waals surface area contributed by atoms with E-state index in [9.17, 15) is 24.0 Å². The van der Waals surface area contributed by atoms with Crippen LogP contribution in [0.5, 0.6) is 0 Å². The van der Waals surface area contributed by atoms with Crippen LogP contribution in [0.1, 0.15) is 105 Å². The van der Waals surface area contributed by atoms with Crippen molar-refractivity contribution in [1.29, 1.82) is 0 Å². The van der Waals surface area contributed by atoms with Crippen molar-refractivity contribution in [3.63, 3.8) is 0 Å². The molecule has 10 nitrogen and oxygen atoms in total. The molecule has 0 radical (unpaired) electrons. The van der Waals surface area contributed by atoms with Gasteiger partial charge in [0.15, 0.2) is 0 Å². The Morgan fingerprint density at radius 2 is 1.71 bits per heavy atom. The molecule has 3 unspecified atom stereocenters. The molecule has 2 aliphatic rings. The van der Waals surface area contributed by atoms with Crippen molar-refractivity contribution >= 4 is 29.6 Å². The van der Waals surface area contributed by atoms with Crippen LogP contribution in [0.25, 0.3) is 0 Å². The van der Waals surface area contributed by atoms with Crippen molar-refractivity contribution in [2.75, 3.05) is 13.1 Å². The third-order valence-corrected chi connectivity index (χ3v) is 7.78. The fourth-order valence-corrected chi connectivity index (χ4v) is 5.80. The molecule has 0 bridgehead atoms. The lowest BCUT2D eigenvalue weighted by Gasteiger charge is -2.35. The Hall–Kier alpha value is -2.91. The van der Waals surface area contributed by atoms with E-state index in [0.29, 0.717) is 32.4 Å². The number of alkyl carbamates (subject to hydrolysis) is 1. The molecule has 1 aliphatic heterocycles. The number of likely N-dealkylation sites (tertiary alicyclic amines) is 1. The van der Waals surface area contributed by atoms with Gasteiger partial charge in [0.25, 0.3) is 5.91 Å². The predicted octanol–water partition coefficient (Wildman–Crippen LogP) is 4.02. The number of carbonyl (C=O) groups is 5. The highest BCUT2D eigenvalue weighted by molar-refractivity contribution is 6.38. The summed E-state index contributed by atoms with van der Waals surface area (Å²) < 4.78 is 5.49. The van der Waals surface area contributed by atoms with Crippen LogP contribution < -0.4 is 16.0 Å². The number of allylic oxidation sites excluding steroid dienone is 1. The molecular formula is C31H52N4O6. The maximum Gasteiger partial charge on any atom is 0.408 e. The monoisotopic (exact) mass is 576 g/mol. The van der Waals surface area contributed by atoms with E-state index in [1.165, 1.54) is 0 Å². The van der Waals surface area contributed by atoms with Gasteiger partial charge in [0.1, 0.15) is 17.7 Å². The van der Waals surface area contributed by atoms with Crippen molar-refractivity contribution in [3.8, 4) is 0 Å². The van der Waals surface area contributed by atoms with Gasteiger partial charge in [-0.05, 0) is 77.6 Å². The quantitative estimate of drug-likeness (QED) is 0.211. The maximum absolute atomic E-state index is 14.2. The number of ketones is 1. The average Bonchev–Trinajstić information content (AvgIpc) is 3.35. The van der Waals surface area contributed by atoms with Crippen molar-refractivity contribution in [2.24, 2.45) is 11.8 Å². The largest absolute Gasteiger partial charge is 0.444 e. The van der Waals surface area contributed by atoms with E-state index in [2.05, 4.69) is 29.5 Å². The zero-order chi connectivity index (χ0) is 30.6. The topological polar surface area (TPSA) is 134 Å². The second-order valence-electron chi connectivity index (χ2n) is 12.5. The molecule has 0 spiro atoms. The minimum atomic E-state index is -1.02. The van der Waals surface area contributed by atoms with Crippen molar-refractivity contribution < 1.29 is 28.7 Å². The van der Waals surface area contributed by atoms with Gasteiger partial charge in [-0.15, -0.1) is 6.58 Å². The van der Waals surface area contributed by atoms with Gasteiger partial charge in [-0.1, -0.05) is 45.6 Å². The van der Waals surface area contributed by atoms with Gasteiger partial charge >= 0.3 is 6.09 Å². The number of carbonyl (C=O) groups excluding carboxylic acids is 5. The summed E-state index contributed by atoms with van der Waals surface area (Å²) in [5.74, 6) is -2.13. The SMILES string of the molecule is C=CCCC(NC(=O)C1C[C@@H](CCC)CN1C(=O)C(NC(=O)OC(C)(C)C)C1CCCCC1)C(=O)C(=O)NCCC. The van der Waals surface area contributed by atoms with Gasteiger partial charge in [-0.2, -0.15) is 0 Å². The Morgan fingerprint density at radius 1 is 1.02 bits per heavy atom. The molecule has 2 fully saturated rings. The van der Waals surface area contributed by atoms with Gasteiger partial charge in [-0.25, -0.2) is 4.79 Å². The predicted molar refractivity (Wildman–Crippen MR) is 158 cm³/mol. The Kier molecular flexibility index (Phi) is 13.8. The molecule has 1 heterocycles. The summed E-state index contributed by atoms with van der Waals surface area (Å²) in [4.78, 5) is 67.6. The lowest BCUT2D eigenvalue weighted by atomic mass is 9.83. The smallest absolute Gasteiger partial charge is 0.408 e. The first kappa shape index (κ1) is 34.3. The first-order valence-corrected chi connectivity index (χ1v) is 15.4. The highest BCUT2D eigenvalue weighted by atomic mass is 16.6. The van der Waals surface area contributed by atoms with Gasteiger partial charge in [0.05, 0.1) is 6.04 Å². The lowest BCUT2D eigenvalue weighted by molar-refractivity contribution is -0.143. The zero-order valence-corrected chi connectivity index (χ0v) is 25.8. The first-order valence-electron chi connectivity index (χ1n) is 15.4. The van der Waals surface area contributed by atoms with Crippen LogP contribution in [0, 0.1) is 11.8 Å². The van der Waals surface area contributed by atoms with Crippen LogP contribution >= 0.6 is 0 Å². The molecule has 0 aromatic carbocycles. The molecule has 2 rings (SSSR count). The highest BCUT2D eigenvalue weighted by Crippen LogP contribution is 2.32. The summed E-state index contributed by atoms with van der Waals surface area (Å²) in [6.07, 6.45) is 9.19. The minimum absolute atomic E-state index is 0.0538.